The highest BCUT2D eigenvalue weighted by Crippen LogP contribution is 2.20. The molecule has 8 heteroatoms. The molecule has 0 aliphatic carbocycles. The minimum atomic E-state index is -3.67. The summed E-state index contributed by atoms with van der Waals surface area (Å²) in [5.74, 6) is -0.122. The van der Waals surface area contributed by atoms with Gasteiger partial charge in [0.05, 0.1) is 13.0 Å². The van der Waals surface area contributed by atoms with Gasteiger partial charge >= 0.3 is 0 Å². The number of sulfonamides is 1. The lowest BCUT2D eigenvalue weighted by molar-refractivity contribution is -0.120. The molecule has 3 N–H and O–H groups in total. The molecule has 21 heavy (non-hydrogen) atoms. The number of carbonyl (C=O) groups excluding carboxylic acids is 1. The Morgan fingerprint density at radius 3 is 2.43 bits per heavy atom. The van der Waals surface area contributed by atoms with Gasteiger partial charge in [-0.05, 0) is 29.8 Å². The maximum atomic E-state index is 11.8. The molecule has 112 valence electrons. The van der Waals surface area contributed by atoms with Crippen LogP contribution in [0.3, 0.4) is 0 Å². The van der Waals surface area contributed by atoms with Gasteiger partial charge in [0.1, 0.15) is 4.21 Å². The third-order valence-corrected chi connectivity index (χ3v) is 5.71. The van der Waals surface area contributed by atoms with E-state index in [1.54, 1.807) is 6.07 Å². The molecule has 1 amide bonds. The van der Waals surface area contributed by atoms with Crippen molar-refractivity contribution in [2.45, 2.75) is 17.2 Å². The Morgan fingerprint density at radius 2 is 1.86 bits per heavy atom. The van der Waals surface area contributed by atoms with Crippen LogP contribution >= 0.6 is 27.3 Å². The van der Waals surface area contributed by atoms with E-state index in [0.717, 1.165) is 26.3 Å². The van der Waals surface area contributed by atoms with E-state index in [9.17, 15) is 13.2 Å². The molecule has 0 saturated carbocycles. The molecular weight excluding hydrogens is 376 g/mol. The monoisotopic (exact) mass is 388 g/mol. The van der Waals surface area contributed by atoms with E-state index in [4.69, 9.17) is 5.14 Å². The first-order valence-corrected chi connectivity index (χ1v) is 9.13. The number of carbonyl (C=O) groups is 1. The average molecular weight is 389 g/mol. The lowest BCUT2D eigenvalue weighted by Gasteiger charge is -2.04. The van der Waals surface area contributed by atoms with Crippen molar-refractivity contribution in [3.8, 4) is 0 Å². The van der Waals surface area contributed by atoms with E-state index in [1.807, 2.05) is 24.3 Å². The zero-order valence-corrected chi connectivity index (χ0v) is 14.1. The number of nitrogens with one attached hydrogen (secondary N) is 1. The van der Waals surface area contributed by atoms with Crippen molar-refractivity contribution >= 4 is 43.2 Å². The highest BCUT2D eigenvalue weighted by Gasteiger charge is 2.11. The molecule has 0 spiro atoms. The van der Waals surface area contributed by atoms with Gasteiger partial charge in [0.2, 0.25) is 15.9 Å². The summed E-state index contributed by atoms with van der Waals surface area (Å²) in [7, 11) is -3.67. The maximum Gasteiger partial charge on any atom is 0.247 e. The van der Waals surface area contributed by atoms with E-state index in [2.05, 4.69) is 21.2 Å². The standard InChI is InChI=1S/C13H13BrN2O3S2/c14-10-3-1-9(2-4-10)7-12(17)16-8-11-5-6-13(20-11)21(15,18)19/h1-6H,7-8H2,(H,16,17)(H2,15,18,19). The summed E-state index contributed by atoms with van der Waals surface area (Å²) in [5, 5.41) is 7.78. The van der Waals surface area contributed by atoms with Gasteiger partial charge in [0.15, 0.2) is 0 Å². The second kappa shape index (κ2) is 6.69. The van der Waals surface area contributed by atoms with Crippen molar-refractivity contribution in [2.24, 2.45) is 5.14 Å². The number of nitrogens with two attached hydrogens (primary N) is 1. The molecule has 0 unspecified atom stereocenters. The summed E-state index contributed by atoms with van der Waals surface area (Å²) in [4.78, 5) is 12.6. The van der Waals surface area contributed by atoms with Gasteiger partial charge in [0.25, 0.3) is 0 Å². The van der Waals surface area contributed by atoms with Gasteiger partial charge < -0.3 is 5.32 Å². The number of hydrogen-bond donors (Lipinski definition) is 2. The molecule has 0 atom stereocenters. The van der Waals surface area contributed by atoms with E-state index >= 15 is 0 Å². The summed E-state index contributed by atoms with van der Waals surface area (Å²) in [6, 6.07) is 10.6. The predicted octanol–water partition coefficient (Wildman–Crippen LogP) is 2.02. The molecule has 1 heterocycles. The summed E-state index contributed by atoms with van der Waals surface area (Å²) in [6.45, 7) is 0.287. The van der Waals surface area contributed by atoms with Crippen LogP contribution in [0.4, 0.5) is 0 Å². The van der Waals surface area contributed by atoms with Crippen LogP contribution in [0.5, 0.6) is 0 Å². The fourth-order valence-corrected chi connectivity index (χ4v) is 3.62. The summed E-state index contributed by atoms with van der Waals surface area (Å²) in [6.07, 6.45) is 0.278. The SMILES string of the molecule is NS(=O)(=O)c1ccc(CNC(=O)Cc2ccc(Br)cc2)s1. The number of amides is 1. The van der Waals surface area contributed by atoms with Gasteiger partial charge in [0, 0.05) is 9.35 Å². The Labute approximate surface area is 135 Å². The normalized spacial score (nSPS) is 11.3. The zero-order valence-electron chi connectivity index (χ0n) is 10.9. The first-order valence-electron chi connectivity index (χ1n) is 5.97. The molecule has 0 saturated heterocycles. The van der Waals surface area contributed by atoms with E-state index in [1.165, 1.54) is 6.07 Å². The minimum absolute atomic E-state index is 0.0969. The third kappa shape index (κ3) is 4.92. The highest BCUT2D eigenvalue weighted by atomic mass is 79.9. The lowest BCUT2D eigenvalue weighted by atomic mass is 10.1. The number of primary sulfonamides is 1. The Bertz CT molecular complexity index is 739. The molecule has 2 rings (SSSR count). The topological polar surface area (TPSA) is 89.3 Å². The summed E-state index contributed by atoms with van der Waals surface area (Å²) in [5.41, 5.74) is 0.909. The van der Waals surface area contributed by atoms with Gasteiger partial charge in [-0.1, -0.05) is 28.1 Å². The third-order valence-electron chi connectivity index (χ3n) is 2.66. The molecule has 2 aromatic rings. The molecule has 0 aliphatic rings. The summed E-state index contributed by atoms with van der Waals surface area (Å²) < 4.78 is 23.4. The molecule has 0 fully saturated rings. The molecule has 0 bridgehead atoms. The molecular formula is C13H13BrN2O3S2. The Balaban J connectivity index is 1.89. The second-order valence-corrected chi connectivity index (χ2v) is 8.22. The maximum absolute atomic E-state index is 11.8. The number of hydrogen-bond acceptors (Lipinski definition) is 4. The lowest BCUT2D eigenvalue weighted by Crippen LogP contribution is -2.24. The smallest absolute Gasteiger partial charge is 0.247 e. The highest BCUT2D eigenvalue weighted by molar-refractivity contribution is 9.10. The quantitative estimate of drug-likeness (QED) is 0.820. The van der Waals surface area contributed by atoms with Crippen LogP contribution in [-0.4, -0.2) is 14.3 Å². The van der Waals surface area contributed by atoms with E-state index < -0.39 is 10.0 Å². The minimum Gasteiger partial charge on any atom is -0.351 e. The van der Waals surface area contributed by atoms with Crippen molar-refractivity contribution in [1.29, 1.82) is 0 Å². The van der Waals surface area contributed by atoms with Crippen molar-refractivity contribution in [3.63, 3.8) is 0 Å². The van der Waals surface area contributed by atoms with Crippen molar-refractivity contribution < 1.29 is 13.2 Å². The van der Waals surface area contributed by atoms with Crippen LogP contribution in [0, 0.1) is 0 Å². The molecule has 1 aromatic heterocycles. The van der Waals surface area contributed by atoms with E-state index in [-0.39, 0.29) is 23.1 Å². The molecule has 0 radical (unpaired) electrons. The van der Waals surface area contributed by atoms with Crippen molar-refractivity contribution in [2.75, 3.05) is 0 Å². The summed E-state index contributed by atoms with van der Waals surface area (Å²) >= 11 is 4.39. The zero-order chi connectivity index (χ0) is 15.5. The van der Waals surface area contributed by atoms with Crippen LogP contribution in [0.1, 0.15) is 10.4 Å². The van der Waals surface area contributed by atoms with E-state index in [0.29, 0.717) is 0 Å². The van der Waals surface area contributed by atoms with Crippen molar-refractivity contribution in [1.82, 2.24) is 5.32 Å². The van der Waals surface area contributed by atoms with Crippen LogP contribution < -0.4 is 10.5 Å². The van der Waals surface area contributed by atoms with Crippen LogP contribution in [0.2, 0.25) is 0 Å². The molecule has 5 nitrogen and oxygen atoms in total. The first kappa shape index (κ1) is 16.2. The number of benzene rings is 1. The average Bonchev–Trinajstić information content (AvgIpc) is 2.88. The second-order valence-electron chi connectivity index (χ2n) is 4.35. The van der Waals surface area contributed by atoms with Gasteiger partial charge in [-0.3, -0.25) is 4.79 Å². The van der Waals surface area contributed by atoms with Crippen LogP contribution in [-0.2, 0) is 27.8 Å². The first-order chi connectivity index (χ1) is 9.84. The van der Waals surface area contributed by atoms with Gasteiger partial charge in [-0.2, -0.15) is 0 Å². The molecule has 0 aliphatic heterocycles. The Morgan fingerprint density at radius 1 is 1.19 bits per heavy atom. The Kier molecular flexibility index (Phi) is 5.15. The molecule has 1 aromatic carbocycles. The Hall–Kier alpha value is -1.22. The largest absolute Gasteiger partial charge is 0.351 e. The van der Waals surface area contributed by atoms with Crippen molar-refractivity contribution in [3.05, 3.63) is 51.3 Å². The number of thiophene rings is 1. The van der Waals surface area contributed by atoms with Crippen LogP contribution in [0.25, 0.3) is 0 Å². The fourth-order valence-electron chi connectivity index (χ4n) is 1.64. The number of halogens is 1. The number of rotatable bonds is 5. The van der Waals surface area contributed by atoms with Gasteiger partial charge in [-0.15, -0.1) is 11.3 Å². The van der Waals surface area contributed by atoms with Crippen LogP contribution in [0.15, 0.2) is 45.1 Å². The predicted molar refractivity (Wildman–Crippen MR) is 85.4 cm³/mol. The van der Waals surface area contributed by atoms with Gasteiger partial charge in [-0.25, -0.2) is 13.6 Å². The fraction of sp³-hybridized carbons (Fsp3) is 0.154.